The van der Waals surface area contributed by atoms with E-state index in [2.05, 4.69) is 9.38 Å². The zero-order valence-corrected chi connectivity index (χ0v) is 13.9. The van der Waals surface area contributed by atoms with Crippen LogP contribution in [0.4, 0.5) is 0 Å². The summed E-state index contributed by atoms with van der Waals surface area (Å²) in [7, 11) is -3.90. The first-order chi connectivity index (χ1) is 11.6. The van der Waals surface area contributed by atoms with Gasteiger partial charge in [0.15, 0.2) is 5.03 Å². The highest BCUT2D eigenvalue weighted by atomic mass is 32.2. The first kappa shape index (κ1) is 16.1. The monoisotopic (exact) mass is 336 g/mol. The summed E-state index contributed by atoms with van der Waals surface area (Å²) in [5.74, 6) is 0. The van der Waals surface area contributed by atoms with Crippen molar-refractivity contribution in [3.8, 4) is 0 Å². The number of aryl methyl sites for hydroxylation is 1. The Morgan fingerprint density at radius 3 is 1.83 bits per heavy atom. The van der Waals surface area contributed by atoms with Crippen molar-refractivity contribution >= 4 is 15.7 Å². The van der Waals surface area contributed by atoms with Crippen LogP contribution in [0, 0.1) is 6.92 Å². The molecule has 2 aromatic carbocycles. The van der Waals surface area contributed by atoms with Gasteiger partial charge in [-0.25, -0.2) is 4.98 Å². The molecule has 0 N–H and O–H groups in total. The molecule has 0 saturated heterocycles. The Labute approximate surface area is 141 Å². The maximum Gasteiger partial charge on any atom is 0.300 e. The van der Waals surface area contributed by atoms with Crippen LogP contribution in [0.15, 0.2) is 88.4 Å². The smallest absolute Gasteiger partial charge is 0.243 e. The Morgan fingerprint density at radius 2 is 1.38 bits per heavy atom. The lowest BCUT2D eigenvalue weighted by Crippen LogP contribution is -2.09. The first-order valence-electron chi connectivity index (χ1n) is 7.45. The molecule has 0 amide bonds. The molecule has 120 valence electrons. The Balaban J connectivity index is 2.15. The van der Waals surface area contributed by atoms with Gasteiger partial charge in [0.1, 0.15) is 0 Å². The van der Waals surface area contributed by atoms with E-state index >= 15 is 0 Å². The lowest BCUT2D eigenvalue weighted by molar-refractivity contribution is 0.594. The van der Waals surface area contributed by atoms with Crippen LogP contribution >= 0.6 is 0 Å². The number of pyridine rings is 1. The average molecular weight is 336 g/mol. The van der Waals surface area contributed by atoms with Crippen molar-refractivity contribution in [3.05, 3.63) is 95.7 Å². The van der Waals surface area contributed by atoms with Crippen molar-refractivity contribution < 1.29 is 8.42 Å². The van der Waals surface area contributed by atoms with Gasteiger partial charge in [-0.3, -0.25) is 0 Å². The molecule has 0 radical (unpaired) electrons. The molecule has 4 nitrogen and oxygen atoms in total. The van der Waals surface area contributed by atoms with Gasteiger partial charge in [0.2, 0.25) is 0 Å². The van der Waals surface area contributed by atoms with Gasteiger partial charge < -0.3 is 0 Å². The van der Waals surface area contributed by atoms with Crippen molar-refractivity contribution in [2.45, 2.75) is 11.9 Å². The second-order valence-electron chi connectivity index (χ2n) is 5.32. The molecular weight excluding hydrogens is 320 g/mol. The summed E-state index contributed by atoms with van der Waals surface area (Å²) in [6, 6.07) is 21.7. The summed E-state index contributed by atoms with van der Waals surface area (Å²) in [6.07, 6.45) is 1.52. The van der Waals surface area contributed by atoms with Crippen LogP contribution in [-0.2, 0) is 10.0 Å². The van der Waals surface area contributed by atoms with Crippen molar-refractivity contribution in [3.63, 3.8) is 0 Å². The Hall–Kier alpha value is -2.79. The highest BCUT2D eigenvalue weighted by molar-refractivity contribution is 7.90. The average Bonchev–Trinajstić information content (AvgIpc) is 2.62. The topological polar surface area (TPSA) is 59.4 Å². The predicted molar refractivity (Wildman–Crippen MR) is 94.7 cm³/mol. The van der Waals surface area contributed by atoms with Gasteiger partial charge in [-0.05, 0) is 18.6 Å². The summed E-state index contributed by atoms with van der Waals surface area (Å²) < 4.78 is 29.4. The molecule has 0 aliphatic carbocycles. The fourth-order valence-corrected chi connectivity index (χ4v) is 3.21. The molecule has 0 atom stereocenters. The standard InChI is InChI=1S/C19H16N2O2S/c1-15-12-13-18(20-14-15)24(22,23)21-19(16-8-4-2-5-9-16)17-10-6-3-7-11-17/h2-14H,1H3. The molecule has 0 aliphatic rings. The Kier molecular flexibility index (Phi) is 4.53. The summed E-state index contributed by atoms with van der Waals surface area (Å²) in [5, 5.41) is -0.0579. The van der Waals surface area contributed by atoms with E-state index in [1.807, 2.05) is 67.6 Å². The molecule has 0 bridgehead atoms. The first-order valence-corrected chi connectivity index (χ1v) is 8.89. The maximum atomic E-state index is 12.7. The normalized spacial score (nSPS) is 11.0. The number of rotatable bonds is 4. The fourth-order valence-electron chi connectivity index (χ4n) is 2.24. The molecule has 0 fully saturated rings. The highest BCUT2D eigenvalue weighted by Gasteiger charge is 2.17. The molecule has 0 aliphatic heterocycles. The van der Waals surface area contributed by atoms with E-state index < -0.39 is 10.0 Å². The number of aromatic nitrogens is 1. The third kappa shape index (κ3) is 3.58. The summed E-state index contributed by atoms with van der Waals surface area (Å²) in [5.41, 5.74) is 2.77. The Bertz CT molecular complexity index is 908. The fraction of sp³-hybridized carbons (Fsp3) is 0.0526. The second-order valence-corrected chi connectivity index (χ2v) is 6.87. The quantitative estimate of drug-likeness (QED) is 0.684. The highest BCUT2D eigenvalue weighted by Crippen LogP contribution is 2.16. The molecule has 1 aromatic heterocycles. The van der Waals surface area contributed by atoms with Gasteiger partial charge >= 0.3 is 0 Å². The lowest BCUT2D eigenvalue weighted by atomic mass is 10.0. The third-order valence-corrected chi connectivity index (χ3v) is 4.65. The Morgan fingerprint density at radius 1 is 0.833 bits per heavy atom. The van der Waals surface area contributed by atoms with Crippen LogP contribution in [0.3, 0.4) is 0 Å². The van der Waals surface area contributed by atoms with E-state index in [0.717, 1.165) is 16.7 Å². The summed E-state index contributed by atoms with van der Waals surface area (Å²) in [4.78, 5) is 4.00. The van der Waals surface area contributed by atoms with Crippen molar-refractivity contribution in [1.82, 2.24) is 4.98 Å². The van der Waals surface area contributed by atoms with Crippen molar-refractivity contribution in [2.24, 2.45) is 4.40 Å². The van der Waals surface area contributed by atoms with Gasteiger partial charge in [0, 0.05) is 17.3 Å². The molecule has 3 rings (SSSR count). The van der Waals surface area contributed by atoms with Gasteiger partial charge in [-0.15, -0.1) is 0 Å². The largest absolute Gasteiger partial charge is 0.300 e. The summed E-state index contributed by atoms with van der Waals surface area (Å²) >= 11 is 0. The number of benzene rings is 2. The minimum atomic E-state index is -3.90. The number of nitrogens with zero attached hydrogens (tertiary/aromatic N) is 2. The van der Waals surface area contributed by atoms with E-state index in [4.69, 9.17) is 0 Å². The van der Waals surface area contributed by atoms with E-state index in [-0.39, 0.29) is 5.03 Å². The summed E-state index contributed by atoms with van der Waals surface area (Å²) in [6.45, 7) is 1.85. The van der Waals surface area contributed by atoms with Gasteiger partial charge in [0.25, 0.3) is 10.0 Å². The van der Waals surface area contributed by atoms with E-state index in [0.29, 0.717) is 5.71 Å². The van der Waals surface area contributed by atoms with Crippen LogP contribution in [0.5, 0.6) is 0 Å². The SMILES string of the molecule is Cc1ccc(S(=O)(=O)N=C(c2ccccc2)c2ccccc2)nc1. The zero-order chi connectivity index (χ0) is 17.0. The second kappa shape index (κ2) is 6.76. The number of hydrogen-bond donors (Lipinski definition) is 0. The molecule has 5 heteroatoms. The molecule has 0 spiro atoms. The minimum Gasteiger partial charge on any atom is -0.243 e. The molecule has 0 saturated carbocycles. The van der Waals surface area contributed by atoms with E-state index in [1.54, 1.807) is 6.07 Å². The number of sulfonamides is 1. The van der Waals surface area contributed by atoms with E-state index in [1.165, 1.54) is 12.3 Å². The van der Waals surface area contributed by atoms with Crippen molar-refractivity contribution in [1.29, 1.82) is 0 Å². The maximum absolute atomic E-state index is 12.7. The zero-order valence-electron chi connectivity index (χ0n) is 13.1. The minimum absolute atomic E-state index is 0.0579. The van der Waals surface area contributed by atoms with Crippen LogP contribution in [0.25, 0.3) is 0 Å². The third-order valence-electron chi connectivity index (χ3n) is 3.45. The van der Waals surface area contributed by atoms with Crippen molar-refractivity contribution in [2.75, 3.05) is 0 Å². The van der Waals surface area contributed by atoms with Crippen LogP contribution in [0.2, 0.25) is 0 Å². The molecule has 3 aromatic rings. The van der Waals surface area contributed by atoms with Gasteiger partial charge in [-0.1, -0.05) is 66.7 Å². The molecule has 0 unspecified atom stereocenters. The molecule has 24 heavy (non-hydrogen) atoms. The van der Waals surface area contributed by atoms with Crippen LogP contribution in [0.1, 0.15) is 16.7 Å². The van der Waals surface area contributed by atoms with Crippen LogP contribution < -0.4 is 0 Å². The molecular formula is C19H16N2O2S. The van der Waals surface area contributed by atoms with Gasteiger partial charge in [0.05, 0.1) is 5.71 Å². The molecule has 1 heterocycles. The predicted octanol–water partition coefficient (Wildman–Crippen LogP) is 3.62. The number of hydrogen-bond acceptors (Lipinski definition) is 3. The van der Waals surface area contributed by atoms with E-state index in [9.17, 15) is 8.42 Å². The van der Waals surface area contributed by atoms with Gasteiger partial charge in [-0.2, -0.15) is 12.8 Å². The lowest BCUT2D eigenvalue weighted by Gasteiger charge is -2.07. The van der Waals surface area contributed by atoms with Crippen LogP contribution in [-0.4, -0.2) is 19.1 Å².